The molecule has 1 amide bonds. The highest BCUT2D eigenvalue weighted by Crippen LogP contribution is 2.21. The molecule has 0 bridgehead atoms. The van der Waals surface area contributed by atoms with Crippen LogP contribution in [-0.2, 0) is 4.79 Å². The van der Waals surface area contributed by atoms with Crippen LogP contribution in [0.25, 0.3) is 0 Å². The Bertz CT molecular complexity index is 235. The van der Waals surface area contributed by atoms with Crippen LogP contribution in [0, 0.1) is 5.92 Å². The standard InChI is InChI=1S/C10H18N2O/c1-5-7(3)12-10(13)9(6-2)8(4)11-12/h7,9H,5-6H2,1-4H3. The number of hydrogen-bond acceptors (Lipinski definition) is 2. The lowest BCUT2D eigenvalue weighted by atomic mass is 10.0. The molecule has 0 aromatic rings. The molecule has 0 N–H and O–H groups in total. The number of amides is 1. The summed E-state index contributed by atoms with van der Waals surface area (Å²) in [5.41, 5.74) is 0.966. The fourth-order valence-electron chi connectivity index (χ4n) is 1.59. The molecule has 2 atom stereocenters. The minimum Gasteiger partial charge on any atom is -0.272 e. The third-order valence-corrected chi connectivity index (χ3v) is 2.71. The summed E-state index contributed by atoms with van der Waals surface area (Å²) in [6.45, 7) is 8.07. The lowest BCUT2D eigenvalue weighted by Crippen LogP contribution is -2.33. The topological polar surface area (TPSA) is 32.7 Å². The van der Waals surface area contributed by atoms with E-state index in [4.69, 9.17) is 0 Å². The molecule has 0 aromatic heterocycles. The average Bonchev–Trinajstić information content (AvgIpc) is 2.40. The van der Waals surface area contributed by atoms with E-state index in [-0.39, 0.29) is 17.9 Å². The number of hydrazone groups is 1. The van der Waals surface area contributed by atoms with E-state index in [1.54, 1.807) is 5.01 Å². The molecule has 0 fully saturated rings. The zero-order chi connectivity index (χ0) is 10.0. The summed E-state index contributed by atoms with van der Waals surface area (Å²) in [5, 5.41) is 5.94. The highest BCUT2D eigenvalue weighted by Gasteiger charge is 2.33. The molecule has 74 valence electrons. The van der Waals surface area contributed by atoms with Gasteiger partial charge in [0.25, 0.3) is 5.91 Å². The van der Waals surface area contributed by atoms with E-state index >= 15 is 0 Å². The first-order chi connectivity index (χ1) is 6.11. The Morgan fingerprint density at radius 1 is 1.54 bits per heavy atom. The molecular weight excluding hydrogens is 164 g/mol. The van der Waals surface area contributed by atoms with Crippen LogP contribution >= 0.6 is 0 Å². The minimum absolute atomic E-state index is 0.0361. The van der Waals surface area contributed by atoms with Crippen molar-refractivity contribution in [1.29, 1.82) is 0 Å². The van der Waals surface area contributed by atoms with Crippen molar-refractivity contribution >= 4 is 11.6 Å². The second kappa shape index (κ2) is 3.90. The molecular formula is C10H18N2O. The number of carbonyl (C=O) groups is 1. The Morgan fingerprint density at radius 3 is 2.54 bits per heavy atom. The number of carbonyl (C=O) groups excluding carboxylic acids is 1. The average molecular weight is 182 g/mol. The van der Waals surface area contributed by atoms with Crippen LogP contribution in [0.4, 0.5) is 0 Å². The Hall–Kier alpha value is -0.860. The zero-order valence-electron chi connectivity index (χ0n) is 8.87. The van der Waals surface area contributed by atoms with Gasteiger partial charge in [-0.3, -0.25) is 4.79 Å². The van der Waals surface area contributed by atoms with E-state index in [0.29, 0.717) is 0 Å². The summed E-state index contributed by atoms with van der Waals surface area (Å²) in [6, 6.07) is 0.235. The van der Waals surface area contributed by atoms with E-state index in [9.17, 15) is 4.79 Å². The van der Waals surface area contributed by atoms with Gasteiger partial charge >= 0.3 is 0 Å². The fraction of sp³-hybridized carbons (Fsp3) is 0.800. The van der Waals surface area contributed by atoms with Crippen LogP contribution < -0.4 is 0 Å². The van der Waals surface area contributed by atoms with E-state index in [2.05, 4.69) is 12.0 Å². The fourth-order valence-corrected chi connectivity index (χ4v) is 1.59. The zero-order valence-corrected chi connectivity index (χ0v) is 8.87. The van der Waals surface area contributed by atoms with Crippen LogP contribution in [0.1, 0.15) is 40.5 Å². The van der Waals surface area contributed by atoms with Crippen molar-refractivity contribution in [1.82, 2.24) is 5.01 Å². The predicted molar refractivity (Wildman–Crippen MR) is 53.5 cm³/mol. The van der Waals surface area contributed by atoms with Crippen LogP contribution in [0.15, 0.2) is 5.10 Å². The van der Waals surface area contributed by atoms with Crippen molar-refractivity contribution in [3.63, 3.8) is 0 Å². The molecule has 0 saturated carbocycles. The van der Waals surface area contributed by atoms with Gasteiger partial charge in [-0.25, -0.2) is 5.01 Å². The Labute approximate surface area is 79.8 Å². The van der Waals surface area contributed by atoms with E-state index in [0.717, 1.165) is 18.6 Å². The molecule has 0 spiro atoms. The van der Waals surface area contributed by atoms with Gasteiger partial charge in [0.1, 0.15) is 0 Å². The minimum atomic E-state index is 0.0361. The molecule has 2 unspecified atom stereocenters. The van der Waals surface area contributed by atoms with E-state index in [1.165, 1.54) is 0 Å². The van der Waals surface area contributed by atoms with Gasteiger partial charge in [0.2, 0.25) is 0 Å². The van der Waals surface area contributed by atoms with Crippen molar-refractivity contribution in [3.05, 3.63) is 0 Å². The number of rotatable bonds is 3. The molecule has 0 aromatic carbocycles. The summed E-state index contributed by atoms with van der Waals surface area (Å²) < 4.78 is 0. The summed E-state index contributed by atoms with van der Waals surface area (Å²) in [6.07, 6.45) is 1.82. The molecule has 1 aliphatic heterocycles. The summed E-state index contributed by atoms with van der Waals surface area (Å²) in [4.78, 5) is 11.8. The maximum absolute atomic E-state index is 11.8. The summed E-state index contributed by atoms with van der Waals surface area (Å²) >= 11 is 0. The van der Waals surface area contributed by atoms with Gasteiger partial charge in [-0.05, 0) is 26.7 Å². The highest BCUT2D eigenvalue weighted by molar-refractivity contribution is 6.06. The lowest BCUT2D eigenvalue weighted by molar-refractivity contribution is -0.133. The second-order valence-corrected chi connectivity index (χ2v) is 3.64. The lowest BCUT2D eigenvalue weighted by Gasteiger charge is -2.19. The van der Waals surface area contributed by atoms with Crippen LogP contribution in [-0.4, -0.2) is 22.7 Å². The Kier molecular flexibility index (Phi) is 3.07. The van der Waals surface area contributed by atoms with Crippen molar-refractivity contribution < 1.29 is 4.79 Å². The third kappa shape index (κ3) is 1.74. The van der Waals surface area contributed by atoms with Crippen molar-refractivity contribution in [2.24, 2.45) is 11.0 Å². The maximum atomic E-state index is 11.8. The van der Waals surface area contributed by atoms with Gasteiger partial charge in [0, 0.05) is 5.71 Å². The summed E-state index contributed by atoms with van der Waals surface area (Å²) in [5.74, 6) is 0.211. The first kappa shape index (κ1) is 10.2. The van der Waals surface area contributed by atoms with Gasteiger partial charge in [-0.1, -0.05) is 13.8 Å². The monoisotopic (exact) mass is 182 g/mol. The first-order valence-electron chi connectivity index (χ1n) is 4.99. The highest BCUT2D eigenvalue weighted by atomic mass is 16.2. The largest absolute Gasteiger partial charge is 0.272 e. The molecule has 13 heavy (non-hydrogen) atoms. The molecule has 1 rings (SSSR count). The third-order valence-electron chi connectivity index (χ3n) is 2.71. The van der Waals surface area contributed by atoms with Crippen molar-refractivity contribution in [2.45, 2.75) is 46.6 Å². The van der Waals surface area contributed by atoms with Crippen LogP contribution in [0.2, 0.25) is 0 Å². The molecule has 0 radical (unpaired) electrons. The van der Waals surface area contributed by atoms with Crippen molar-refractivity contribution in [2.75, 3.05) is 0 Å². The van der Waals surface area contributed by atoms with Gasteiger partial charge < -0.3 is 0 Å². The van der Waals surface area contributed by atoms with Gasteiger partial charge in [-0.2, -0.15) is 5.10 Å². The normalized spacial score (nSPS) is 24.9. The molecule has 3 heteroatoms. The molecule has 1 heterocycles. The van der Waals surface area contributed by atoms with Gasteiger partial charge in [0.05, 0.1) is 12.0 Å². The quantitative estimate of drug-likeness (QED) is 0.657. The van der Waals surface area contributed by atoms with Gasteiger partial charge in [0.15, 0.2) is 0 Å². The van der Waals surface area contributed by atoms with Gasteiger partial charge in [-0.15, -0.1) is 0 Å². The Morgan fingerprint density at radius 2 is 2.15 bits per heavy atom. The molecule has 0 aliphatic carbocycles. The van der Waals surface area contributed by atoms with Crippen LogP contribution in [0.5, 0.6) is 0 Å². The smallest absolute Gasteiger partial charge is 0.251 e. The first-order valence-corrected chi connectivity index (χ1v) is 4.99. The molecule has 0 saturated heterocycles. The van der Waals surface area contributed by atoms with E-state index in [1.807, 2.05) is 20.8 Å². The van der Waals surface area contributed by atoms with Crippen LogP contribution in [0.3, 0.4) is 0 Å². The SMILES string of the molecule is CCC1C(=O)N(C(C)CC)N=C1C. The summed E-state index contributed by atoms with van der Waals surface area (Å²) in [7, 11) is 0. The maximum Gasteiger partial charge on any atom is 0.251 e. The molecule has 1 aliphatic rings. The van der Waals surface area contributed by atoms with E-state index < -0.39 is 0 Å². The Balaban J connectivity index is 2.77. The van der Waals surface area contributed by atoms with Crippen molar-refractivity contribution in [3.8, 4) is 0 Å². The number of hydrogen-bond donors (Lipinski definition) is 0. The molecule has 3 nitrogen and oxygen atoms in total. The predicted octanol–water partition coefficient (Wildman–Crippen LogP) is 2.03. The second-order valence-electron chi connectivity index (χ2n) is 3.64. The number of nitrogens with zero attached hydrogens (tertiary/aromatic N) is 2.